The lowest BCUT2D eigenvalue weighted by Gasteiger charge is -2.63. The highest BCUT2D eigenvalue weighted by Gasteiger charge is 2.66. The second-order valence-corrected chi connectivity index (χ2v) is 11.2. The molecular formula is C24H38O5. The van der Waals surface area contributed by atoms with Gasteiger partial charge in [-0.2, -0.15) is 0 Å². The zero-order valence-electron chi connectivity index (χ0n) is 18.1. The summed E-state index contributed by atoms with van der Waals surface area (Å²) in [6, 6.07) is 0. The average molecular weight is 407 g/mol. The quantitative estimate of drug-likeness (QED) is 0.615. The van der Waals surface area contributed by atoms with E-state index in [2.05, 4.69) is 26.8 Å². The highest BCUT2D eigenvalue weighted by molar-refractivity contribution is 5.26. The maximum absolute atomic E-state index is 11.5. The molecule has 3 N–H and O–H groups in total. The Labute approximate surface area is 174 Å². The lowest BCUT2D eigenvalue weighted by atomic mass is 9.44. The van der Waals surface area contributed by atoms with E-state index in [0.29, 0.717) is 49.7 Å². The molecule has 1 saturated heterocycles. The van der Waals surface area contributed by atoms with Crippen LogP contribution in [0.25, 0.3) is 0 Å². The van der Waals surface area contributed by atoms with Crippen molar-refractivity contribution in [2.75, 3.05) is 13.2 Å². The molecule has 5 heteroatoms. The molecule has 0 aromatic rings. The van der Waals surface area contributed by atoms with E-state index >= 15 is 0 Å². The summed E-state index contributed by atoms with van der Waals surface area (Å²) in [5.74, 6) is 2.17. The molecule has 0 radical (unpaired) electrons. The smallest absolute Gasteiger partial charge is 0.160 e. The van der Waals surface area contributed by atoms with Crippen molar-refractivity contribution < 1.29 is 24.8 Å². The van der Waals surface area contributed by atoms with Gasteiger partial charge in [-0.1, -0.05) is 32.9 Å². The van der Waals surface area contributed by atoms with Crippen LogP contribution in [0.4, 0.5) is 0 Å². The lowest BCUT2D eigenvalue weighted by molar-refractivity contribution is -0.218. The Balaban J connectivity index is 1.45. The van der Waals surface area contributed by atoms with E-state index in [1.807, 2.05) is 6.08 Å². The van der Waals surface area contributed by atoms with Gasteiger partial charge < -0.3 is 24.8 Å². The lowest BCUT2D eigenvalue weighted by Crippen LogP contribution is -2.66. The fourth-order valence-corrected chi connectivity index (χ4v) is 8.48. The summed E-state index contributed by atoms with van der Waals surface area (Å²) in [5.41, 5.74) is -1.46. The molecule has 10 atom stereocenters. The number of allylic oxidation sites excluding steroid dienone is 1. The molecule has 3 saturated carbocycles. The van der Waals surface area contributed by atoms with Crippen LogP contribution in [0, 0.1) is 40.4 Å². The predicted octanol–water partition coefficient (Wildman–Crippen LogP) is 2.88. The maximum atomic E-state index is 11.5. The highest BCUT2D eigenvalue weighted by atomic mass is 16.7. The topological polar surface area (TPSA) is 79.2 Å². The summed E-state index contributed by atoms with van der Waals surface area (Å²) < 4.78 is 11.7. The first-order valence-electron chi connectivity index (χ1n) is 11.7. The van der Waals surface area contributed by atoms with Crippen LogP contribution < -0.4 is 0 Å². The molecule has 4 aliphatic carbocycles. The van der Waals surface area contributed by atoms with Gasteiger partial charge in [-0.05, 0) is 54.8 Å². The minimum absolute atomic E-state index is 0.0699. The van der Waals surface area contributed by atoms with Crippen LogP contribution in [-0.2, 0) is 9.47 Å². The molecule has 1 heterocycles. The third-order valence-corrected chi connectivity index (χ3v) is 10.1. The Hall–Kier alpha value is -0.460. The number of hydrogen-bond donors (Lipinski definition) is 3. The molecule has 4 fully saturated rings. The van der Waals surface area contributed by atoms with Crippen LogP contribution in [0.5, 0.6) is 0 Å². The van der Waals surface area contributed by atoms with Crippen LogP contribution in [-0.4, -0.2) is 52.6 Å². The molecule has 5 rings (SSSR count). The first-order chi connectivity index (χ1) is 13.7. The molecule has 29 heavy (non-hydrogen) atoms. The summed E-state index contributed by atoms with van der Waals surface area (Å²) >= 11 is 0. The molecule has 0 spiro atoms. The summed E-state index contributed by atoms with van der Waals surface area (Å²) in [6.45, 7) is 8.24. The van der Waals surface area contributed by atoms with Gasteiger partial charge in [-0.15, -0.1) is 0 Å². The molecule has 1 unspecified atom stereocenters. The standard InChI is InChI=1S/C24H38O5/c1-14(21-28-10-11-29-21)17-4-5-18-16-6-9-24(27)13-15(25)12-20(26)23(24,3)19(16)7-8-22(17,18)2/h6,9,14-21,25-27H,4-5,7-8,10-13H2,1-3H3/t14?,15-,16-,17+,18-,19-,20-,22+,23-,24+/m0/s1. The molecular weight excluding hydrogens is 368 g/mol. The third-order valence-electron chi connectivity index (χ3n) is 10.1. The van der Waals surface area contributed by atoms with E-state index in [1.165, 1.54) is 12.8 Å². The van der Waals surface area contributed by atoms with Crippen molar-refractivity contribution in [2.24, 2.45) is 40.4 Å². The molecule has 0 aromatic heterocycles. The van der Waals surface area contributed by atoms with Crippen LogP contribution in [0.2, 0.25) is 0 Å². The van der Waals surface area contributed by atoms with Crippen molar-refractivity contribution in [2.45, 2.75) is 83.4 Å². The first kappa shape index (κ1) is 20.4. The van der Waals surface area contributed by atoms with Crippen molar-refractivity contribution in [3.8, 4) is 0 Å². The van der Waals surface area contributed by atoms with Gasteiger partial charge in [-0.3, -0.25) is 0 Å². The molecule has 1 aliphatic heterocycles. The zero-order chi connectivity index (χ0) is 20.6. The number of rotatable bonds is 2. The Morgan fingerprint density at radius 3 is 2.48 bits per heavy atom. The normalized spacial score (nSPS) is 55.9. The Morgan fingerprint density at radius 2 is 1.76 bits per heavy atom. The summed E-state index contributed by atoms with van der Waals surface area (Å²) in [5, 5.41) is 32.7. The van der Waals surface area contributed by atoms with Gasteiger partial charge in [0.05, 0.1) is 31.0 Å². The molecule has 0 bridgehead atoms. The van der Waals surface area contributed by atoms with Crippen LogP contribution in [0.15, 0.2) is 12.2 Å². The third kappa shape index (κ3) is 2.70. The van der Waals surface area contributed by atoms with Gasteiger partial charge in [0.2, 0.25) is 0 Å². The average Bonchev–Trinajstić information content (AvgIpc) is 3.30. The summed E-state index contributed by atoms with van der Waals surface area (Å²) in [6.07, 6.45) is 8.03. The molecule has 0 amide bonds. The zero-order valence-corrected chi connectivity index (χ0v) is 18.1. The molecule has 0 aromatic carbocycles. The Kier molecular flexibility index (Phi) is 4.77. The summed E-state index contributed by atoms with van der Waals surface area (Å²) in [4.78, 5) is 0. The number of aliphatic hydroxyl groups is 3. The minimum Gasteiger partial charge on any atom is -0.393 e. The second kappa shape index (κ2) is 6.77. The Bertz CT molecular complexity index is 674. The van der Waals surface area contributed by atoms with Crippen molar-refractivity contribution in [3.05, 3.63) is 12.2 Å². The van der Waals surface area contributed by atoms with E-state index in [4.69, 9.17) is 9.47 Å². The fourth-order valence-electron chi connectivity index (χ4n) is 8.48. The van der Waals surface area contributed by atoms with E-state index in [1.54, 1.807) is 0 Å². The highest BCUT2D eigenvalue weighted by Crippen LogP contribution is 2.67. The van der Waals surface area contributed by atoms with Crippen molar-refractivity contribution in [1.29, 1.82) is 0 Å². The first-order valence-corrected chi connectivity index (χ1v) is 11.7. The molecule has 5 nitrogen and oxygen atoms in total. The number of ether oxygens (including phenoxy) is 2. The van der Waals surface area contributed by atoms with Gasteiger partial charge in [-0.25, -0.2) is 0 Å². The van der Waals surface area contributed by atoms with Gasteiger partial charge in [0, 0.05) is 24.2 Å². The van der Waals surface area contributed by atoms with E-state index in [9.17, 15) is 15.3 Å². The van der Waals surface area contributed by atoms with Gasteiger partial charge >= 0.3 is 0 Å². The Morgan fingerprint density at radius 1 is 1.03 bits per heavy atom. The summed E-state index contributed by atoms with van der Waals surface area (Å²) in [7, 11) is 0. The number of fused-ring (bicyclic) bond motifs is 5. The monoisotopic (exact) mass is 406 g/mol. The van der Waals surface area contributed by atoms with Crippen molar-refractivity contribution in [1.82, 2.24) is 0 Å². The van der Waals surface area contributed by atoms with Crippen LogP contribution >= 0.6 is 0 Å². The molecule has 164 valence electrons. The number of aliphatic hydroxyl groups excluding tert-OH is 2. The largest absolute Gasteiger partial charge is 0.393 e. The fraction of sp³-hybridized carbons (Fsp3) is 0.917. The van der Waals surface area contributed by atoms with E-state index in [-0.39, 0.29) is 17.6 Å². The molecule has 5 aliphatic rings. The van der Waals surface area contributed by atoms with Gasteiger partial charge in [0.1, 0.15) is 0 Å². The van der Waals surface area contributed by atoms with Crippen LogP contribution in [0.1, 0.15) is 59.3 Å². The minimum atomic E-state index is -1.12. The SMILES string of the molecule is CC(C1OCCO1)[C@H]1CC[C@H]2[C@@H]3C=C[C@@]4(O)C[C@@H](O)C[C@H](O)[C@]4(C)[C@H]3CC[C@]12C. The van der Waals surface area contributed by atoms with Crippen molar-refractivity contribution >= 4 is 0 Å². The second-order valence-electron chi connectivity index (χ2n) is 11.2. The number of hydrogen-bond acceptors (Lipinski definition) is 5. The maximum Gasteiger partial charge on any atom is 0.160 e. The predicted molar refractivity (Wildman–Crippen MR) is 109 cm³/mol. The van der Waals surface area contributed by atoms with E-state index in [0.717, 1.165) is 12.8 Å². The van der Waals surface area contributed by atoms with Gasteiger partial charge in [0.25, 0.3) is 0 Å². The van der Waals surface area contributed by atoms with Crippen molar-refractivity contribution in [3.63, 3.8) is 0 Å². The van der Waals surface area contributed by atoms with Gasteiger partial charge in [0.15, 0.2) is 6.29 Å². The van der Waals surface area contributed by atoms with E-state index < -0.39 is 23.2 Å². The van der Waals surface area contributed by atoms with Crippen LogP contribution in [0.3, 0.4) is 0 Å².